The summed E-state index contributed by atoms with van der Waals surface area (Å²) in [6, 6.07) is 8.62. The molecule has 1 saturated carbocycles. The molecule has 2 aliphatic rings. The van der Waals surface area contributed by atoms with Gasteiger partial charge in [0.1, 0.15) is 5.75 Å². The number of aryl methyl sites for hydroxylation is 1. The number of hydrogen-bond acceptors (Lipinski definition) is 5. The number of benzene rings is 1. The van der Waals surface area contributed by atoms with Crippen LogP contribution in [0.25, 0.3) is 0 Å². The highest BCUT2D eigenvalue weighted by atomic mass is 16.5. The van der Waals surface area contributed by atoms with Gasteiger partial charge in [-0.2, -0.15) is 0 Å². The van der Waals surface area contributed by atoms with E-state index in [4.69, 9.17) is 9.72 Å². The first kappa shape index (κ1) is 19.0. The summed E-state index contributed by atoms with van der Waals surface area (Å²) in [7, 11) is 0. The van der Waals surface area contributed by atoms with E-state index in [1.807, 2.05) is 37.5 Å². The van der Waals surface area contributed by atoms with Crippen molar-refractivity contribution >= 4 is 11.6 Å². The van der Waals surface area contributed by atoms with Crippen molar-refractivity contribution in [1.29, 1.82) is 0 Å². The van der Waals surface area contributed by atoms with Crippen LogP contribution in [0.1, 0.15) is 50.3 Å². The zero-order valence-electron chi connectivity index (χ0n) is 17.1. The Hall–Kier alpha value is -2.34. The summed E-state index contributed by atoms with van der Waals surface area (Å²) in [5.74, 6) is 1.60. The van der Waals surface area contributed by atoms with Gasteiger partial charge < -0.3 is 4.74 Å². The number of rotatable bonds is 4. The standard InChI is InChI=1S/C22H30N4O2/c1-4-28-20-12-10-19(11-13-20)25-14-24(18-8-6-5-7-9-18)15-26-21(27)16(2)17(3)23-22(25)26/h10-13,18H,4-9,14-15H2,1-3H3. The second-order valence-electron chi connectivity index (χ2n) is 7.87. The van der Waals surface area contributed by atoms with Crippen molar-refractivity contribution in [1.82, 2.24) is 14.5 Å². The Morgan fingerprint density at radius 3 is 2.46 bits per heavy atom. The number of anilines is 2. The van der Waals surface area contributed by atoms with Crippen LogP contribution in [0.5, 0.6) is 5.75 Å². The quantitative estimate of drug-likeness (QED) is 0.801. The molecule has 1 aliphatic heterocycles. The number of hydrogen-bond donors (Lipinski definition) is 0. The molecule has 0 amide bonds. The largest absolute Gasteiger partial charge is 0.494 e. The molecule has 0 spiro atoms. The molecule has 28 heavy (non-hydrogen) atoms. The normalized spacial score (nSPS) is 18.2. The third-order valence-electron chi connectivity index (χ3n) is 6.06. The molecular weight excluding hydrogens is 352 g/mol. The average Bonchev–Trinajstić information content (AvgIpc) is 2.73. The van der Waals surface area contributed by atoms with Crippen molar-refractivity contribution in [2.45, 2.75) is 65.6 Å². The van der Waals surface area contributed by atoms with Crippen molar-refractivity contribution in [2.75, 3.05) is 18.2 Å². The molecule has 0 N–H and O–H groups in total. The van der Waals surface area contributed by atoms with Crippen LogP contribution in [0, 0.1) is 13.8 Å². The van der Waals surface area contributed by atoms with E-state index in [0.717, 1.165) is 35.3 Å². The third kappa shape index (κ3) is 3.53. The minimum absolute atomic E-state index is 0.0685. The fraction of sp³-hybridized carbons (Fsp3) is 0.545. The zero-order valence-corrected chi connectivity index (χ0v) is 17.1. The van der Waals surface area contributed by atoms with Gasteiger partial charge in [-0.3, -0.25) is 19.2 Å². The molecule has 0 saturated heterocycles. The first-order chi connectivity index (χ1) is 13.6. The Morgan fingerprint density at radius 2 is 1.79 bits per heavy atom. The summed E-state index contributed by atoms with van der Waals surface area (Å²) in [6.45, 7) is 7.81. The Balaban J connectivity index is 1.74. The van der Waals surface area contributed by atoms with Gasteiger partial charge in [-0.25, -0.2) is 4.98 Å². The van der Waals surface area contributed by atoms with Crippen LogP contribution in [-0.2, 0) is 6.67 Å². The SMILES string of the molecule is CCOc1ccc(N2CN(C3CCCCC3)Cn3c2nc(C)c(C)c3=O)cc1. The van der Waals surface area contributed by atoms with Crippen LogP contribution in [-0.4, -0.2) is 33.8 Å². The smallest absolute Gasteiger partial charge is 0.259 e. The van der Waals surface area contributed by atoms with Gasteiger partial charge in [0.2, 0.25) is 5.95 Å². The Kier molecular flexibility index (Phi) is 5.40. The van der Waals surface area contributed by atoms with Gasteiger partial charge in [0.15, 0.2) is 0 Å². The molecule has 2 heterocycles. The fourth-order valence-electron chi connectivity index (χ4n) is 4.31. The lowest BCUT2D eigenvalue weighted by atomic mass is 9.94. The summed E-state index contributed by atoms with van der Waals surface area (Å²) in [6.07, 6.45) is 6.29. The minimum atomic E-state index is 0.0685. The van der Waals surface area contributed by atoms with Gasteiger partial charge in [0.25, 0.3) is 5.56 Å². The van der Waals surface area contributed by atoms with Gasteiger partial charge in [-0.05, 0) is 57.9 Å². The van der Waals surface area contributed by atoms with Crippen molar-refractivity contribution in [2.24, 2.45) is 0 Å². The monoisotopic (exact) mass is 382 g/mol. The van der Waals surface area contributed by atoms with E-state index in [-0.39, 0.29) is 5.56 Å². The minimum Gasteiger partial charge on any atom is -0.494 e. The second-order valence-corrected chi connectivity index (χ2v) is 7.87. The van der Waals surface area contributed by atoms with E-state index in [0.29, 0.717) is 19.3 Å². The molecule has 1 aliphatic carbocycles. The van der Waals surface area contributed by atoms with Crippen molar-refractivity contribution in [3.63, 3.8) is 0 Å². The molecule has 4 rings (SSSR count). The van der Waals surface area contributed by atoms with Crippen LogP contribution in [0.2, 0.25) is 0 Å². The molecular formula is C22H30N4O2. The van der Waals surface area contributed by atoms with Crippen molar-refractivity contribution < 1.29 is 4.74 Å². The average molecular weight is 383 g/mol. The summed E-state index contributed by atoms with van der Waals surface area (Å²) in [4.78, 5) is 22.4. The molecule has 1 aromatic heterocycles. The van der Waals surface area contributed by atoms with E-state index in [9.17, 15) is 4.79 Å². The Bertz CT molecular complexity index is 885. The number of aromatic nitrogens is 2. The van der Waals surface area contributed by atoms with Crippen LogP contribution in [0.4, 0.5) is 11.6 Å². The van der Waals surface area contributed by atoms with Crippen molar-refractivity contribution in [3.05, 3.63) is 45.9 Å². The fourth-order valence-corrected chi connectivity index (χ4v) is 4.31. The lowest BCUT2D eigenvalue weighted by molar-refractivity contribution is 0.107. The Morgan fingerprint density at radius 1 is 1.07 bits per heavy atom. The Labute approximate surface area is 166 Å². The molecule has 0 bridgehead atoms. The summed E-state index contributed by atoms with van der Waals surface area (Å²) < 4.78 is 7.43. The topological polar surface area (TPSA) is 50.6 Å². The predicted molar refractivity (Wildman–Crippen MR) is 111 cm³/mol. The van der Waals surface area contributed by atoms with Gasteiger partial charge in [0, 0.05) is 23.0 Å². The van der Waals surface area contributed by atoms with Crippen LogP contribution in [0.3, 0.4) is 0 Å². The molecule has 6 heteroatoms. The lowest BCUT2D eigenvalue weighted by Crippen LogP contribution is -2.51. The molecule has 2 aromatic rings. The second kappa shape index (κ2) is 7.95. The van der Waals surface area contributed by atoms with Gasteiger partial charge in [-0.15, -0.1) is 0 Å². The predicted octanol–water partition coefficient (Wildman–Crippen LogP) is 3.96. The first-order valence-corrected chi connectivity index (χ1v) is 10.4. The third-order valence-corrected chi connectivity index (χ3v) is 6.06. The maximum absolute atomic E-state index is 13.0. The first-order valence-electron chi connectivity index (χ1n) is 10.4. The lowest BCUT2D eigenvalue weighted by Gasteiger charge is -2.43. The number of nitrogens with zero attached hydrogens (tertiary/aromatic N) is 4. The van der Waals surface area contributed by atoms with Crippen molar-refractivity contribution in [3.8, 4) is 5.75 Å². The van der Waals surface area contributed by atoms with E-state index < -0.39 is 0 Å². The molecule has 1 aromatic carbocycles. The molecule has 1 fully saturated rings. The van der Waals surface area contributed by atoms with E-state index in [1.165, 1.54) is 32.1 Å². The van der Waals surface area contributed by atoms with E-state index in [2.05, 4.69) is 21.9 Å². The van der Waals surface area contributed by atoms with Gasteiger partial charge in [-0.1, -0.05) is 19.3 Å². The maximum Gasteiger partial charge on any atom is 0.259 e. The van der Waals surface area contributed by atoms with Gasteiger partial charge in [0.05, 0.1) is 19.9 Å². The highest BCUT2D eigenvalue weighted by Crippen LogP contribution is 2.32. The van der Waals surface area contributed by atoms with Crippen LogP contribution in [0.15, 0.2) is 29.1 Å². The molecule has 0 radical (unpaired) electrons. The molecule has 0 atom stereocenters. The molecule has 0 unspecified atom stereocenters. The zero-order chi connectivity index (χ0) is 19.7. The van der Waals surface area contributed by atoms with E-state index in [1.54, 1.807) is 0 Å². The maximum atomic E-state index is 13.0. The highest BCUT2D eigenvalue weighted by molar-refractivity contribution is 5.59. The van der Waals surface area contributed by atoms with Crippen LogP contribution >= 0.6 is 0 Å². The molecule has 6 nitrogen and oxygen atoms in total. The van der Waals surface area contributed by atoms with E-state index >= 15 is 0 Å². The van der Waals surface area contributed by atoms with Crippen LogP contribution < -0.4 is 15.2 Å². The summed E-state index contributed by atoms with van der Waals surface area (Å²) >= 11 is 0. The summed E-state index contributed by atoms with van der Waals surface area (Å²) in [5, 5.41) is 0. The number of fused-ring (bicyclic) bond motifs is 1. The highest BCUT2D eigenvalue weighted by Gasteiger charge is 2.31. The summed E-state index contributed by atoms with van der Waals surface area (Å²) in [5.41, 5.74) is 2.64. The van der Waals surface area contributed by atoms with Gasteiger partial charge >= 0.3 is 0 Å². The number of ether oxygens (including phenoxy) is 1. The molecule has 150 valence electrons.